The first-order valence-electron chi connectivity index (χ1n) is 5.61. The Labute approximate surface area is 113 Å². The van der Waals surface area contributed by atoms with Gasteiger partial charge >= 0.3 is 0 Å². The summed E-state index contributed by atoms with van der Waals surface area (Å²) < 4.78 is 0. The molecule has 0 aliphatic carbocycles. The third-order valence-corrected chi connectivity index (χ3v) is 2.31. The zero-order chi connectivity index (χ0) is 13.8. The van der Waals surface area contributed by atoms with Crippen LogP contribution in [0.3, 0.4) is 0 Å². The molecule has 98 valence electrons. The number of alkyl halides is 1. The van der Waals surface area contributed by atoms with Crippen LogP contribution in [-0.4, -0.2) is 36.3 Å². The fourth-order valence-electron chi connectivity index (χ4n) is 1.21. The molecule has 0 saturated heterocycles. The molecular weight excluding hydrogens is 250 g/mol. The van der Waals surface area contributed by atoms with E-state index in [0.29, 0.717) is 25.5 Å². The Hall–Kier alpha value is -1.73. The molecule has 0 spiro atoms. The van der Waals surface area contributed by atoms with Gasteiger partial charge in [-0.25, -0.2) is 0 Å². The maximum atomic E-state index is 12.0. The van der Waals surface area contributed by atoms with Gasteiger partial charge in [0.1, 0.15) is 11.6 Å². The van der Waals surface area contributed by atoms with Gasteiger partial charge in [-0.15, -0.1) is 24.8 Å². The van der Waals surface area contributed by atoms with Gasteiger partial charge in [0.05, 0.1) is 0 Å². The van der Waals surface area contributed by atoms with Crippen molar-refractivity contribution in [1.29, 1.82) is 5.26 Å². The van der Waals surface area contributed by atoms with Crippen molar-refractivity contribution in [2.24, 2.45) is 0 Å². The highest BCUT2D eigenvalue weighted by Gasteiger charge is 2.15. The fourth-order valence-corrected chi connectivity index (χ4v) is 1.34. The number of nitrogens with one attached hydrogen (secondary N) is 1. The summed E-state index contributed by atoms with van der Waals surface area (Å²) in [5.41, 5.74) is 0.0632. The number of hydrogen-bond donors (Lipinski definition) is 1. The van der Waals surface area contributed by atoms with Crippen LogP contribution in [0.15, 0.2) is 37.1 Å². The Morgan fingerprint density at radius 2 is 2.00 bits per heavy atom. The number of carbonyl (C=O) groups excluding carboxylic acids is 1. The van der Waals surface area contributed by atoms with Crippen LogP contribution in [-0.2, 0) is 4.79 Å². The Morgan fingerprint density at radius 3 is 2.44 bits per heavy atom. The lowest BCUT2D eigenvalue weighted by Gasteiger charge is -2.18. The van der Waals surface area contributed by atoms with Crippen molar-refractivity contribution < 1.29 is 4.79 Å². The summed E-state index contributed by atoms with van der Waals surface area (Å²) in [7, 11) is 0. The molecule has 4 nitrogen and oxygen atoms in total. The minimum Gasteiger partial charge on any atom is -0.390 e. The molecule has 0 aromatic rings. The van der Waals surface area contributed by atoms with Crippen LogP contribution in [0.4, 0.5) is 0 Å². The quantitative estimate of drug-likeness (QED) is 0.228. The second-order valence-corrected chi connectivity index (χ2v) is 3.83. The minimum atomic E-state index is -0.337. The number of hydrogen-bond acceptors (Lipinski definition) is 3. The predicted octanol–water partition coefficient (Wildman–Crippen LogP) is 1.81. The smallest absolute Gasteiger partial charge is 0.266 e. The van der Waals surface area contributed by atoms with Gasteiger partial charge in [0, 0.05) is 31.7 Å². The number of halogens is 1. The Kier molecular flexibility index (Phi) is 9.42. The van der Waals surface area contributed by atoms with Crippen LogP contribution in [0, 0.1) is 11.3 Å². The summed E-state index contributed by atoms with van der Waals surface area (Å²) in [5, 5.41) is 11.8. The number of nitrogens with zero attached hydrogens (tertiary/aromatic N) is 2. The standard InChI is InChI=1S/C13H18ClN3O/c1-3-8-17(9-4-2)13(18)12(10-15)11-16-7-5-6-14/h3-4,11,16H,1-2,5-9H2/b12-11-. The first-order chi connectivity index (χ1) is 8.71. The Morgan fingerprint density at radius 1 is 1.39 bits per heavy atom. The minimum absolute atomic E-state index is 0.0632. The van der Waals surface area contributed by atoms with Crippen molar-refractivity contribution in [2.45, 2.75) is 6.42 Å². The second-order valence-electron chi connectivity index (χ2n) is 3.45. The molecule has 0 radical (unpaired) electrons. The van der Waals surface area contributed by atoms with Crippen LogP contribution < -0.4 is 5.32 Å². The van der Waals surface area contributed by atoms with Crippen molar-refractivity contribution in [3.63, 3.8) is 0 Å². The van der Waals surface area contributed by atoms with E-state index < -0.39 is 0 Å². The molecule has 0 fully saturated rings. The van der Waals surface area contributed by atoms with Gasteiger partial charge in [0.2, 0.25) is 0 Å². The third-order valence-electron chi connectivity index (χ3n) is 2.04. The maximum absolute atomic E-state index is 12.0. The first kappa shape index (κ1) is 16.3. The van der Waals surface area contributed by atoms with Crippen molar-refractivity contribution in [2.75, 3.05) is 25.5 Å². The molecule has 1 N–H and O–H groups in total. The first-order valence-corrected chi connectivity index (χ1v) is 6.15. The molecule has 0 atom stereocenters. The van der Waals surface area contributed by atoms with Crippen molar-refractivity contribution >= 4 is 17.5 Å². The van der Waals surface area contributed by atoms with Gasteiger partial charge in [-0.2, -0.15) is 5.26 Å². The van der Waals surface area contributed by atoms with E-state index in [4.69, 9.17) is 16.9 Å². The molecule has 0 heterocycles. The molecule has 1 amide bonds. The van der Waals surface area contributed by atoms with Gasteiger partial charge in [-0.1, -0.05) is 12.2 Å². The van der Waals surface area contributed by atoms with E-state index >= 15 is 0 Å². The van der Waals surface area contributed by atoms with E-state index in [1.165, 1.54) is 11.1 Å². The van der Waals surface area contributed by atoms with Crippen LogP contribution in [0.5, 0.6) is 0 Å². The lowest BCUT2D eigenvalue weighted by atomic mass is 10.2. The summed E-state index contributed by atoms with van der Waals surface area (Å²) in [5.74, 6) is 0.200. The molecule has 0 aliphatic rings. The normalized spacial score (nSPS) is 10.3. The molecule has 0 aliphatic heterocycles. The van der Waals surface area contributed by atoms with E-state index in [1.54, 1.807) is 12.2 Å². The summed E-state index contributed by atoms with van der Waals surface area (Å²) >= 11 is 5.52. The van der Waals surface area contributed by atoms with E-state index in [9.17, 15) is 4.79 Å². The van der Waals surface area contributed by atoms with Gasteiger partial charge in [-0.3, -0.25) is 4.79 Å². The fraction of sp³-hybridized carbons (Fsp3) is 0.385. The van der Waals surface area contributed by atoms with Crippen LogP contribution in [0.25, 0.3) is 0 Å². The number of nitriles is 1. The molecule has 18 heavy (non-hydrogen) atoms. The molecule has 0 rings (SSSR count). The second kappa shape index (κ2) is 10.4. The zero-order valence-electron chi connectivity index (χ0n) is 10.4. The SMILES string of the molecule is C=CCN(CC=C)C(=O)/C(C#N)=C\NCCCCl. The van der Waals surface area contributed by atoms with E-state index in [2.05, 4.69) is 18.5 Å². The average molecular weight is 268 g/mol. The van der Waals surface area contributed by atoms with Gasteiger partial charge in [-0.05, 0) is 6.42 Å². The van der Waals surface area contributed by atoms with E-state index in [-0.39, 0.29) is 11.5 Å². The number of rotatable bonds is 9. The highest BCUT2D eigenvalue weighted by atomic mass is 35.5. The van der Waals surface area contributed by atoms with Crippen LogP contribution >= 0.6 is 11.6 Å². The molecule has 0 aromatic heterocycles. The average Bonchev–Trinajstić information content (AvgIpc) is 2.38. The Balaban J connectivity index is 4.60. The van der Waals surface area contributed by atoms with Crippen LogP contribution in [0.2, 0.25) is 0 Å². The highest BCUT2D eigenvalue weighted by molar-refractivity contribution is 6.17. The largest absolute Gasteiger partial charge is 0.390 e. The topological polar surface area (TPSA) is 56.1 Å². The van der Waals surface area contributed by atoms with E-state index in [1.807, 2.05) is 6.07 Å². The molecule has 0 bridgehead atoms. The summed E-state index contributed by atoms with van der Waals surface area (Å²) in [6.07, 6.45) is 5.41. The summed E-state index contributed by atoms with van der Waals surface area (Å²) in [6.45, 7) is 8.54. The van der Waals surface area contributed by atoms with Gasteiger partial charge < -0.3 is 10.2 Å². The van der Waals surface area contributed by atoms with Crippen molar-refractivity contribution in [3.05, 3.63) is 37.1 Å². The van der Waals surface area contributed by atoms with Crippen molar-refractivity contribution in [3.8, 4) is 6.07 Å². The number of carbonyl (C=O) groups is 1. The third kappa shape index (κ3) is 6.12. The van der Waals surface area contributed by atoms with Gasteiger partial charge in [0.15, 0.2) is 0 Å². The number of amides is 1. The molecule has 0 aromatic carbocycles. The Bertz CT molecular complexity index is 348. The monoisotopic (exact) mass is 267 g/mol. The molecular formula is C13H18ClN3O. The van der Waals surface area contributed by atoms with Crippen LogP contribution in [0.1, 0.15) is 6.42 Å². The maximum Gasteiger partial charge on any atom is 0.266 e. The van der Waals surface area contributed by atoms with E-state index in [0.717, 1.165) is 6.42 Å². The zero-order valence-corrected chi connectivity index (χ0v) is 11.1. The highest BCUT2D eigenvalue weighted by Crippen LogP contribution is 2.01. The molecule has 0 saturated carbocycles. The lowest BCUT2D eigenvalue weighted by Crippen LogP contribution is -2.32. The lowest BCUT2D eigenvalue weighted by molar-refractivity contribution is -0.125. The van der Waals surface area contributed by atoms with Crippen molar-refractivity contribution in [1.82, 2.24) is 10.2 Å². The van der Waals surface area contributed by atoms with Gasteiger partial charge in [0.25, 0.3) is 5.91 Å². The predicted molar refractivity (Wildman–Crippen MR) is 74.0 cm³/mol. The summed E-state index contributed by atoms with van der Waals surface area (Å²) in [4.78, 5) is 13.5. The molecule has 5 heteroatoms. The molecule has 0 unspecified atom stereocenters. The summed E-state index contributed by atoms with van der Waals surface area (Å²) in [6, 6.07) is 1.88.